The van der Waals surface area contributed by atoms with Gasteiger partial charge in [-0.25, -0.2) is 4.79 Å². The lowest BCUT2D eigenvalue weighted by molar-refractivity contribution is -0.142. The molecule has 0 radical (unpaired) electrons. The molecule has 2 N–H and O–H groups in total. The van der Waals surface area contributed by atoms with E-state index in [9.17, 15) is 19.5 Å². The predicted molar refractivity (Wildman–Crippen MR) is 117 cm³/mol. The van der Waals surface area contributed by atoms with Crippen LogP contribution in [0.15, 0.2) is 28.7 Å². The smallest absolute Gasteiger partial charge is 0.408 e. The van der Waals surface area contributed by atoms with Gasteiger partial charge in [-0.1, -0.05) is 12.1 Å². The largest absolute Gasteiger partial charge is 0.493 e. The van der Waals surface area contributed by atoms with Gasteiger partial charge < -0.3 is 29.2 Å². The summed E-state index contributed by atoms with van der Waals surface area (Å²) in [6, 6.07) is 7.23. The number of para-hydroxylation sites is 1. The zero-order chi connectivity index (χ0) is 23.8. The van der Waals surface area contributed by atoms with Gasteiger partial charge in [-0.2, -0.15) is 0 Å². The van der Waals surface area contributed by atoms with E-state index in [2.05, 4.69) is 5.32 Å². The number of likely N-dealkylation sites (tertiary alicyclic amines) is 1. The molecular formula is C23H30N2O7. The summed E-state index contributed by atoms with van der Waals surface area (Å²) in [5, 5.41) is 13.2. The average molecular weight is 447 g/mol. The Balaban J connectivity index is 1.83. The number of hydrogen-bond donors (Lipinski definition) is 2. The highest BCUT2D eigenvalue weighted by Crippen LogP contribution is 2.38. The second kappa shape index (κ2) is 8.37. The number of benzene rings is 1. The van der Waals surface area contributed by atoms with Gasteiger partial charge in [-0.15, -0.1) is 0 Å². The Bertz CT molecular complexity index is 1030. The molecule has 1 aromatic carbocycles. The summed E-state index contributed by atoms with van der Waals surface area (Å²) in [7, 11) is 1.53. The number of amides is 2. The summed E-state index contributed by atoms with van der Waals surface area (Å²) in [5.41, 5.74) is -1.46. The number of carboxylic acid groups (broad SMARTS) is 1. The molecule has 1 aliphatic heterocycles. The Kier molecular flexibility index (Phi) is 6.13. The van der Waals surface area contributed by atoms with Gasteiger partial charge in [0.2, 0.25) is 5.91 Å². The fourth-order valence-corrected chi connectivity index (χ4v) is 3.92. The standard InChI is InChI=1S/C23H30N2O7/c1-22(2,3)32-21(29)24-23(4,5)20(28)25-11-14(15(12-25)19(26)27)17-10-13-8-7-9-16(30-6)18(13)31-17/h7-10,14-15H,11-12H2,1-6H3,(H,24,29)(H,26,27). The molecule has 2 atom stereocenters. The van der Waals surface area contributed by atoms with Crippen LogP contribution >= 0.6 is 0 Å². The Hall–Kier alpha value is -3.23. The highest BCUT2D eigenvalue weighted by molar-refractivity contribution is 5.90. The van der Waals surface area contributed by atoms with Crippen molar-refractivity contribution in [2.24, 2.45) is 5.92 Å². The third-order valence-corrected chi connectivity index (χ3v) is 5.38. The fourth-order valence-electron chi connectivity index (χ4n) is 3.92. The van der Waals surface area contributed by atoms with Crippen LogP contribution < -0.4 is 10.1 Å². The number of fused-ring (bicyclic) bond motifs is 1. The Morgan fingerprint density at radius 2 is 1.84 bits per heavy atom. The number of nitrogens with one attached hydrogen (secondary N) is 1. The minimum atomic E-state index is -1.28. The summed E-state index contributed by atoms with van der Waals surface area (Å²) in [6.07, 6.45) is -0.717. The molecule has 1 saturated heterocycles. The van der Waals surface area contributed by atoms with Gasteiger partial charge in [0.05, 0.1) is 13.0 Å². The van der Waals surface area contributed by atoms with E-state index in [1.165, 1.54) is 12.0 Å². The number of alkyl carbamates (subject to hydrolysis) is 1. The SMILES string of the molecule is COc1cccc2cc(C3CN(C(=O)C(C)(C)NC(=O)OC(C)(C)C)CC3C(=O)O)oc12. The van der Waals surface area contributed by atoms with Crippen LogP contribution in [-0.4, -0.2) is 59.3 Å². The van der Waals surface area contributed by atoms with Gasteiger partial charge in [0.25, 0.3) is 0 Å². The summed E-state index contributed by atoms with van der Waals surface area (Å²) >= 11 is 0. The van der Waals surface area contributed by atoms with Gasteiger partial charge in [-0.3, -0.25) is 9.59 Å². The number of ether oxygens (including phenoxy) is 2. The van der Waals surface area contributed by atoms with Crippen molar-refractivity contribution in [3.8, 4) is 5.75 Å². The second-order valence-corrected chi connectivity index (χ2v) is 9.54. The first-order valence-corrected chi connectivity index (χ1v) is 10.4. The van der Waals surface area contributed by atoms with Crippen molar-refractivity contribution in [3.63, 3.8) is 0 Å². The third-order valence-electron chi connectivity index (χ3n) is 5.38. The molecule has 174 valence electrons. The van der Waals surface area contributed by atoms with Crippen LogP contribution in [0.2, 0.25) is 0 Å². The minimum absolute atomic E-state index is 0.00639. The van der Waals surface area contributed by atoms with Crippen LogP contribution in [0.1, 0.15) is 46.3 Å². The number of furan rings is 1. The minimum Gasteiger partial charge on any atom is -0.493 e. The van der Waals surface area contributed by atoms with Crippen LogP contribution in [0, 0.1) is 5.92 Å². The van der Waals surface area contributed by atoms with Gasteiger partial charge in [-0.05, 0) is 46.8 Å². The van der Waals surface area contributed by atoms with Crippen molar-refractivity contribution in [3.05, 3.63) is 30.0 Å². The molecule has 0 saturated carbocycles. The maximum absolute atomic E-state index is 13.2. The first kappa shape index (κ1) is 23.4. The molecule has 0 bridgehead atoms. The maximum atomic E-state index is 13.2. The van der Waals surface area contributed by atoms with Crippen LogP contribution in [0.5, 0.6) is 5.75 Å². The molecule has 1 aliphatic rings. The molecule has 3 rings (SSSR count). The van der Waals surface area contributed by atoms with Gasteiger partial charge in [0.15, 0.2) is 11.3 Å². The first-order chi connectivity index (χ1) is 14.8. The van der Waals surface area contributed by atoms with Crippen molar-refractivity contribution in [2.75, 3.05) is 20.2 Å². The molecule has 2 aromatic rings. The fraction of sp³-hybridized carbons (Fsp3) is 0.522. The lowest BCUT2D eigenvalue weighted by atomic mass is 9.94. The molecule has 9 nitrogen and oxygen atoms in total. The van der Waals surface area contributed by atoms with Crippen LogP contribution in [0.25, 0.3) is 11.0 Å². The second-order valence-electron chi connectivity index (χ2n) is 9.54. The van der Waals surface area contributed by atoms with E-state index in [4.69, 9.17) is 13.9 Å². The van der Waals surface area contributed by atoms with Crippen molar-refractivity contribution in [1.29, 1.82) is 0 Å². The maximum Gasteiger partial charge on any atom is 0.408 e. The van der Waals surface area contributed by atoms with Gasteiger partial charge in [0.1, 0.15) is 16.9 Å². The Morgan fingerprint density at radius 3 is 2.44 bits per heavy atom. The number of nitrogens with zero attached hydrogens (tertiary/aromatic N) is 1. The van der Waals surface area contributed by atoms with Crippen LogP contribution in [-0.2, 0) is 14.3 Å². The van der Waals surface area contributed by atoms with E-state index in [-0.39, 0.29) is 13.1 Å². The molecule has 0 aliphatic carbocycles. The molecule has 2 heterocycles. The normalized spacial score (nSPS) is 19.1. The highest BCUT2D eigenvalue weighted by Gasteiger charge is 2.46. The topological polar surface area (TPSA) is 118 Å². The molecule has 1 fully saturated rings. The lowest BCUT2D eigenvalue weighted by Crippen LogP contribution is -2.56. The van der Waals surface area contributed by atoms with Crippen molar-refractivity contribution in [1.82, 2.24) is 10.2 Å². The summed E-state index contributed by atoms with van der Waals surface area (Å²) < 4.78 is 16.5. The lowest BCUT2D eigenvalue weighted by Gasteiger charge is -2.31. The molecule has 2 amide bonds. The molecule has 9 heteroatoms. The molecule has 0 spiro atoms. The average Bonchev–Trinajstić information content (AvgIpc) is 3.29. The van der Waals surface area contributed by atoms with Crippen molar-refractivity contribution < 1.29 is 33.4 Å². The van der Waals surface area contributed by atoms with E-state index in [0.717, 1.165) is 5.39 Å². The summed E-state index contributed by atoms with van der Waals surface area (Å²) in [6.45, 7) is 8.47. The van der Waals surface area contributed by atoms with E-state index in [1.54, 1.807) is 46.8 Å². The van der Waals surface area contributed by atoms with Crippen molar-refractivity contribution in [2.45, 2.75) is 51.7 Å². The van der Waals surface area contributed by atoms with Crippen LogP contribution in [0.4, 0.5) is 4.79 Å². The number of methoxy groups -OCH3 is 1. The monoisotopic (exact) mass is 446 g/mol. The number of aliphatic carboxylic acids is 1. The summed E-state index contributed by atoms with van der Waals surface area (Å²) in [4.78, 5) is 38.8. The molecule has 1 aromatic heterocycles. The van der Waals surface area contributed by atoms with Crippen LogP contribution in [0.3, 0.4) is 0 Å². The molecular weight excluding hydrogens is 416 g/mol. The molecule has 32 heavy (non-hydrogen) atoms. The zero-order valence-electron chi connectivity index (χ0n) is 19.2. The third kappa shape index (κ3) is 4.81. The molecule has 2 unspecified atom stereocenters. The number of carboxylic acids is 1. The summed E-state index contributed by atoms with van der Waals surface area (Å²) in [5.74, 6) is -1.77. The first-order valence-electron chi connectivity index (χ1n) is 10.4. The quantitative estimate of drug-likeness (QED) is 0.723. The van der Waals surface area contributed by atoms with E-state index >= 15 is 0 Å². The van der Waals surface area contributed by atoms with Gasteiger partial charge >= 0.3 is 12.1 Å². The Labute approximate surface area is 186 Å². The highest BCUT2D eigenvalue weighted by atomic mass is 16.6. The van der Waals surface area contributed by atoms with Gasteiger partial charge in [0, 0.05) is 24.4 Å². The number of carbonyl (C=O) groups excluding carboxylic acids is 2. The van der Waals surface area contributed by atoms with E-state index in [0.29, 0.717) is 17.1 Å². The number of rotatable bonds is 5. The number of hydrogen-bond acceptors (Lipinski definition) is 6. The Morgan fingerprint density at radius 1 is 1.16 bits per heavy atom. The number of carbonyl (C=O) groups is 3. The zero-order valence-corrected chi connectivity index (χ0v) is 19.2. The van der Waals surface area contributed by atoms with E-state index < -0.39 is 40.9 Å². The predicted octanol–water partition coefficient (Wildman–Crippen LogP) is 3.37. The van der Waals surface area contributed by atoms with E-state index in [1.807, 2.05) is 12.1 Å². The van der Waals surface area contributed by atoms with Crippen molar-refractivity contribution >= 4 is 28.9 Å².